The van der Waals surface area contributed by atoms with Gasteiger partial charge in [-0.15, -0.1) is 0 Å². The van der Waals surface area contributed by atoms with Crippen LogP contribution in [0.3, 0.4) is 0 Å². The number of benzene rings is 3. The van der Waals surface area contributed by atoms with E-state index >= 15 is 0 Å². The molecule has 5 heteroatoms. The minimum atomic E-state index is -0.0984. The quantitative estimate of drug-likeness (QED) is 0.383. The van der Waals surface area contributed by atoms with Gasteiger partial charge in [0.2, 0.25) is 0 Å². The molecule has 1 amide bonds. The van der Waals surface area contributed by atoms with Gasteiger partial charge in [-0.2, -0.15) is 0 Å². The number of thioether (sulfide) groups is 1. The molecule has 4 rings (SSSR count). The largest absolute Gasteiger partial charge is 0.457 e. The zero-order valence-electron chi connectivity index (χ0n) is 15.2. The van der Waals surface area contributed by atoms with Crippen LogP contribution in [0.25, 0.3) is 6.08 Å². The molecule has 0 spiro atoms. The van der Waals surface area contributed by atoms with E-state index in [0.29, 0.717) is 15.0 Å². The Morgan fingerprint density at radius 1 is 0.929 bits per heavy atom. The molecule has 0 unspecified atom stereocenters. The van der Waals surface area contributed by atoms with E-state index in [2.05, 4.69) is 0 Å². The molecule has 1 aliphatic heterocycles. The number of carbonyl (C=O) groups excluding carboxylic acids is 1. The lowest BCUT2D eigenvalue weighted by Crippen LogP contribution is -2.28. The zero-order valence-corrected chi connectivity index (χ0v) is 16.8. The second-order valence-electron chi connectivity index (χ2n) is 6.29. The first kappa shape index (κ1) is 18.5. The smallest absolute Gasteiger partial charge is 0.270 e. The Kier molecular flexibility index (Phi) is 5.28. The van der Waals surface area contributed by atoms with Gasteiger partial charge in [-0.25, -0.2) is 0 Å². The molecular formula is C23H17NO2S2. The molecule has 0 bridgehead atoms. The fourth-order valence-electron chi connectivity index (χ4n) is 2.93. The highest BCUT2D eigenvalue weighted by atomic mass is 32.2. The minimum Gasteiger partial charge on any atom is -0.457 e. The summed E-state index contributed by atoms with van der Waals surface area (Å²) in [5, 5.41) is 0. The molecule has 1 fully saturated rings. The van der Waals surface area contributed by atoms with Crippen molar-refractivity contribution in [2.24, 2.45) is 0 Å². The Labute approximate surface area is 173 Å². The summed E-state index contributed by atoms with van der Waals surface area (Å²) in [5.74, 6) is 1.39. The van der Waals surface area contributed by atoms with Gasteiger partial charge in [-0.1, -0.05) is 72.5 Å². The number of hydrogen-bond donors (Lipinski definition) is 0. The van der Waals surface area contributed by atoms with Crippen LogP contribution in [0.1, 0.15) is 11.1 Å². The molecular weight excluding hydrogens is 386 g/mol. The van der Waals surface area contributed by atoms with Crippen molar-refractivity contribution in [3.05, 3.63) is 94.9 Å². The molecule has 28 heavy (non-hydrogen) atoms. The monoisotopic (exact) mass is 403 g/mol. The fourth-order valence-corrected chi connectivity index (χ4v) is 4.22. The summed E-state index contributed by atoms with van der Waals surface area (Å²) >= 11 is 6.79. The Bertz CT molecular complexity index is 1080. The SMILES string of the molecule is Cc1ccccc1N1C(=O)/C(=C\c2cccc(Oc3ccccc3)c2)SC1=S. The van der Waals surface area contributed by atoms with E-state index in [1.54, 1.807) is 4.90 Å². The van der Waals surface area contributed by atoms with Crippen molar-refractivity contribution in [1.29, 1.82) is 0 Å². The van der Waals surface area contributed by atoms with Crippen molar-refractivity contribution < 1.29 is 9.53 Å². The van der Waals surface area contributed by atoms with E-state index < -0.39 is 0 Å². The topological polar surface area (TPSA) is 29.5 Å². The number of para-hydroxylation sites is 2. The van der Waals surface area contributed by atoms with Crippen LogP contribution in [0, 0.1) is 6.92 Å². The Balaban J connectivity index is 1.60. The molecule has 3 aromatic rings. The van der Waals surface area contributed by atoms with Crippen molar-refractivity contribution in [1.82, 2.24) is 0 Å². The predicted octanol–water partition coefficient (Wildman–Crippen LogP) is 6.19. The molecule has 0 radical (unpaired) electrons. The second kappa shape index (κ2) is 8.00. The number of nitrogens with zero attached hydrogens (tertiary/aromatic N) is 1. The molecule has 3 nitrogen and oxygen atoms in total. The number of aryl methyl sites for hydroxylation is 1. The molecule has 0 aliphatic carbocycles. The van der Waals surface area contributed by atoms with Crippen molar-refractivity contribution in [2.45, 2.75) is 6.92 Å². The van der Waals surface area contributed by atoms with Gasteiger partial charge in [-0.05, 0) is 54.5 Å². The third kappa shape index (κ3) is 3.86. The van der Waals surface area contributed by atoms with Gasteiger partial charge in [0, 0.05) is 0 Å². The summed E-state index contributed by atoms with van der Waals surface area (Å²) in [6.07, 6.45) is 1.86. The van der Waals surface area contributed by atoms with Crippen LogP contribution in [0.4, 0.5) is 5.69 Å². The number of hydrogen-bond acceptors (Lipinski definition) is 4. The number of thiocarbonyl (C=S) groups is 1. The first-order valence-electron chi connectivity index (χ1n) is 8.78. The molecule has 138 valence electrons. The van der Waals surface area contributed by atoms with Gasteiger partial charge in [0.25, 0.3) is 5.91 Å². The number of carbonyl (C=O) groups is 1. The summed E-state index contributed by atoms with van der Waals surface area (Å²) in [4.78, 5) is 15.2. The van der Waals surface area contributed by atoms with Gasteiger partial charge in [0.1, 0.15) is 11.5 Å². The summed E-state index contributed by atoms with van der Waals surface area (Å²) in [7, 11) is 0. The van der Waals surface area contributed by atoms with E-state index in [4.69, 9.17) is 17.0 Å². The van der Waals surface area contributed by atoms with Crippen LogP contribution < -0.4 is 9.64 Å². The van der Waals surface area contributed by atoms with Crippen LogP contribution in [0.5, 0.6) is 11.5 Å². The van der Waals surface area contributed by atoms with Gasteiger partial charge < -0.3 is 4.74 Å². The molecule has 1 heterocycles. The van der Waals surface area contributed by atoms with Crippen molar-refractivity contribution in [3.8, 4) is 11.5 Å². The summed E-state index contributed by atoms with van der Waals surface area (Å²) < 4.78 is 6.42. The summed E-state index contributed by atoms with van der Waals surface area (Å²) in [6.45, 7) is 1.97. The maximum absolute atomic E-state index is 13.0. The standard InChI is InChI=1S/C23H17NO2S2/c1-16-8-5-6-13-20(16)24-22(25)21(28-23(24)27)15-17-9-7-12-19(14-17)26-18-10-3-2-4-11-18/h2-15H,1H3/b21-15+. The molecule has 0 saturated carbocycles. The lowest BCUT2D eigenvalue weighted by Gasteiger charge is -2.16. The van der Waals surface area contributed by atoms with Crippen LogP contribution in [0.2, 0.25) is 0 Å². The van der Waals surface area contributed by atoms with Crippen LogP contribution in [0.15, 0.2) is 83.8 Å². The lowest BCUT2D eigenvalue weighted by molar-refractivity contribution is -0.113. The first-order valence-corrected chi connectivity index (χ1v) is 10.0. The number of amides is 1. The van der Waals surface area contributed by atoms with Crippen molar-refractivity contribution >= 4 is 46.0 Å². The fraction of sp³-hybridized carbons (Fsp3) is 0.0435. The molecule has 1 saturated heterocycles. The molecule has 0 atom stereocenters. The maximum Gasteiger partial charge on any atom is 0.270 e. The Morgan fingerprint density at radius 3 is 2.43 bits per heavy atom. The van der Waals surface area contributed by atoms with Crippen LogP contribution in [-0.4, -0.2) is 10.2 Å². The van der Waals surface area contributed by atoms with Gasteiger partial charge >= 0.3 is 0 Å². The molecule has 0 aromatic heterocycles. The van der Waals surface area contributed by atoms with E-state index in [0.717, 1.165) is 22.6 Å². The van der Waals surface area contributed by atoms with Gasteiger partial charge in [0.05, 0.1) is 10.6 Å². The minimum absolute atomic E-state index is 0.0984. The highest BCUT2D eigenvalue weighted by molar-refractivity contribution is 8.27. The van der Waals surface area contributed by atoms with E-state index in [1.165, 1.54) is 11.8 Å². The van der Waals surface area contributed by atoms with Crippen LogP contribution in [-0.2, 0) is 4.79 Å². The summed E-state index contributed by atoms with van der Waals surface area (Å²) in [6, 6.07) is 25.0. The average molecular weight is 404 g/mol. The van der Waals surface area contributed by atoms with Crippen molar-refractivity contribution in [2.75, 3.05) is 4.90 Å². The Hall–Kier alpha value is -2.89. The maximum atomic E-state index is 13.0. The molecule has 0 N–H and O–H groups in total. The van der Waals surface area contributed by atoms with Gasteiger partial charge in [-0.3, -0.25) is 9.69 Å². The third-order valence-corrected chi connectivity index (χ3v) is 5.59. The Morgan fingerprint density at radius 2 is 1.64 bits per heavy atom. The predicted molar refractivity (Wildman–Crippen MR) is 120 cm³/mol. The first-order chi connectivity index (χ1) is 13.6. The second-order valence-corrected chi connectivity index (χ2v) is 7.97. The van der Waals surface area contributed by atoms with E-state index in [1.807, 2.05) is 91.9 Å². The number of rotatable bonds is 4. The van der Waals surface area contributed by atoms with Crippen LogP contribution >= 0.6 is 24.0 Å². The van der Waals surface area contributed by atoms with Crippen molar-refractivity contribution in [3.63, 3.8) is 0 Å². The molecule has 3 aromatic carbocycles. The van der Waals surface area contributed by atoms with Gasteiger partial charge in [0.15, 0.2) is 4.32 Å². The highest BCUT2D eigenvalue weighted by Gasteiger charge is 2.33. The summed E-state index contributed by atoms with van der Waals surface area (Å²) in [5.41, 5.74) is 2.73. The number of ether oxygens (including phenoxy) is 1. The number of anilines is 1. The zero-order chi connectivity index (χ0) is 19.5. The third-order valence-electron chi connectivity index (χ3n) is 4.28. The van der Waals surface area contributed by atoms with E-state index in [9.17, 15) is 4.79 Å². The lowest BCUT2D eigenvalue weighted by atomic mass is 10.1. The molecule has 1 aliphatic rings. The average Bonchev–Trinajstić information content (AvgIpc) is 2.97. The van der Waals surface area contributed by atoms with E-state index in [-0.39, 0.29) is 5.91 Å². The normalized spacial score (nSPS) is 15.3. The highest BCUT2D eigenvalue weighted by Crippen LogP contribution is 2.37.